The number of carbonyl (C=O) groups is 2. The first-order valence-electron chi connectivity index (χ1n) is 12.3. The number of Topliss-reactive ketones (excluding diaryl/α,β-unsaturated/α-hetero) is 1. The Balaban J connectivity index is 1.65. The summed E-state index contributed by atoms with van der Waals surface area (Å²) in [4.78, 5) is 25.3. The molecule has 8 nitrogen and oxygen atoms in total. The number of azo groups is 1. The molecular weight excluding hydrogens is 544 g/mol. The molecule has 0 aliphatic heterocycles. The molecule has 1 N–H and O–H groups in total. The number of anilines is 1. The maximum atomic E-state index is 13.9. The second-order valence-corrected chi connectivity index (χ2v) is 10.2. The molecule has 40 heavy (non-hydrogen) atoms. The lowest BCUT2D eigenvalue weighted by Gasteiger charge is -2.24. The van der Waals surface area contributed by atoms with E-state index in [9.17, 15) is 9.59 Å². The maximum Gasteiger partial charge on any atom is 0.273 e. The first-order valence-corrected chi connectivity index (χ1v) is 13.5. The van der Waals surface area contributed by atoms with Gasteiger partial charge in [-0.2, -0.15) is 10.2 Å². The number of aromatic nitrogens is 3. The van der Waals surface area contributed by atoms with Crippen LogP contribution in [0.1, 0.15) is 6.92 Å². The van der Waals surface area contributed by atoms with E-state index in [1.165, 1.54) is 6.92 Å². The quantitative estimate of drug-likeness (QED) is 0.114. The highest BCUT2D eigenvalue weighted by molar-refractivity contribution is 8.02. The topological polar surface area (TPSA) is 102 Å². The molecular formula is C30H23ClN6O2S. The van der Waals surface area contributed by atoms with Gasteiger partial charge in [0.25, 0.3) is 10.8 Å². The highest BCUT2D eigenvalue weighted by Gasteiger charge is 2.47. The number of para-hydroxylation sites is 2. The minimum atomic E-state index is -2.01. The maximum absolute atomic E-state index is 13.9. The Kier molecular flexibility index (Phi) is 8.14. The van der Waals surface area contributed by atoms with Crippen LogP contribution < -0.4 is 5.32 Å². The predicted molar refractivity (Wildman–Crippen MR) is 157 cm³/mol. The van der Waals surface area contributed by atoms with E-state index in [1.54, 1.807) is 65.2 Å². The average molecular weight is 567 g/mol. The molecule has 0 radical (unpaired) electrons. The molecule has 0 saturated heterocycles. The molecule has 0 fully saturated rings. The largest absolute Gasteiger partial charge is 0.323 e. The lowest BCUT2D eigenvalue weighted by atomic mass is 10.2. The summed E-state index contributed by atoms with van der Waals surface area (Å²) in [5.41, 5.74) is 2.49. The third-order valence-electron chi connectivity index (χ3n) is 5.87. The molecule has 0 aliphatic rings. The van der Waals surface area contributed by atoms with Gasteiger partial charge in [0.05, 0.1) is 5.69 Å². The average Bonchev–Trinajstić information content (AvgIpc) is 3.40. The molecule has 0 saturated carbocycles. The van der Waals surface area contributed by atoms with Crippen LogP contribution in [0, 0.1) is 0 Å². The molecule has 10 heteroatoms. The van der Waals surface area contributed by atoms with Crippen molar-refractivity contribution in [3.05, 3.63) is 120 Å². The van der Waals surface area contributed by atoms with Gasteiger partial charge in [-0.25, -0.2) is 0 Å². The highest BCUT2D eigenvalue weighted by atomic mass is 35.5. The van der Waals surface area contributed by atoms with Gasteiger partial charge in [-0.3, -0.25) is 14.2 Å². The summed E-state index contributed by atoms with van der Waals surface area (Å²) in [5, 5.41) is 21.2. The van der Waals surface area contributed by atoms with E-state index in [2.05, 4.69) is 25.7 Å². The zero-order valence-electron chi connectivity index (χ0n) is 21.3. The number of nitrogens with zero attached hydrogens (tertiary/aromatic N) is 5. The summed E-state index contributed by atoms with van der Waals surface area (Å²) in [6, 6.07) is 34.4. The van der Waals surface area contributed by atoms with Crippen LogP contribution >= 0.6 is 23.4 Å². The molecule has 5 rings (SSSR count). The monoisotopic (exact) mass is 566 g/mol. The van der Waals surface area contributed by atoms with Crippen molar-refractivity contribution in [2.45, 2.75) is 17.0 Å². The molecule has 0 bridgehead atoms. The molecule has 1 unspecified atom stereocenters. The second-order valence-electron chi connectivity index (χ2n) is 8.64. The lowest BCUT2D eigenvalue weighted by Crippen LogP contribution is -2.44. The fourth-order valence-electron chi connectivity index (χ4n) is 3.84. The number of ketones is 1. The molecule has 1 amide bonds. The van der Waals surface area contributed by atoms with Gasteiger partial charge in [-0.1, -0.05) is 66.2 Å². The third kappa shape index (κ3) is 5.85. The lowest BCUT2D eigenvalue weighted by molar-refractivity contribution is -0.127. The number of hydrogen-bond donors (Lipinski definition) is 1. The Hall–Kier alpha value is -4.60. The van der Waals surface area contributed by atoms with Gasteiger partial charge in [0, 0.05) is 22.0 Å². The van der Waals surface area contributed by atoms with E-state index < -0.39 is 16.6 Å². The van der Waals surface area contributed by atoms with Crippen molar-refractivity contribution in [2.75, 3.05) is 5.32 Å². The summed E-state index contributed by atoms with van der Waals surface area (Å²) in [6.45, 7) is 1.31. The van der Waals surface area contributed by atoms with Crippen LogP contribution in [0.5, 0.6) is 0 Å². The number of amides is 1. The van der Waals surface area contributed by atoms with E-state index in [0.29, 0.717) is 22.2 Å². The normalized spacial score (nSPS) is 12.7. The summed E-state index contributed by atoms with van der Waals surface area (Å²) < 4.78 is 1.78. The molecule has 198 valence electrons. The fraction of sp³-hybridized carbons (Fsp3) is 0.0667. The van der Waals surface area contributed by atoms with Crippen molar-refractivity contribution < 1.29 is 9.59 Å². The van der Waals surface area contributed by atoms with Crippen LogP contribution in [-0.4, -0.2) is 31.3 Å². The number of hydrogen-bond acceptors (Lipinski definition) is 7. The first kappa shape index (κ1) is 27.0. The number of benzene rings is 4. The Bertz CT molecular complexity index is 1640. The van der Waals surface area contributed by atoms with Gasteiger partial charge in [-0.15, -0.1) is 10.2 Å². The number of thioether (sulfide) groups is 1. The van der Waals surface area contributed by atoms with Gasteiger partial charge >= 0.3 is 0 Å². The zero-order valence-corrected chi connectivity index (χ0v) is 22.9. The molecule has 4 aromatic carbocycles. The zero-order chi connectivity index (χ0) is 28.0. The summed E-state index contributed by atoms with van der Waals surface area (Å²) in [5.74, 6) is -0.681. The Morgan fingerprint density at radius 3 is 2.05 bits per heavy atom. The van der Waals surface area contributed by atoms with Crippen LogP contribution in [0.2, 0.25) is 5.02 Å². The Morgan fingerprint density at radius 2 is 1.43 bits per heavy atom. The van der Waals surface area contributed by atoms with Crippen LogP contribution in [-0.2, 0) is 9.59 Å². The molecule has 5 aromatic rings. The number of rotatable bonds is 9. The standard InChI is InChI=1S/C30H23ClN6O2S/c1-21(38)30(36-33-25-13-7-3-8-14-25,28(39)32-24-11-5-2-6-12-24)40-29-35-34-27(22-17-19-23(31)20-18-22)37(29)26-15-9-4-10-16-26/h2-20H,1H3,(H,32,39). The Labute approximate surface area is 240 Å². The smallest absolute Gasteiger partial charge is 0.273 e. The highest BCUT2D eigenvalue weighted by Crippen LogP contribution is 2.39. The SMILES string of the molecule is CC(=O)C(N=Nc1ccccc1)(Sc1nnc(-c2ccc(Cl)cc2)n1-c1ccccc1)C(=O)Nc1ccccc1. The van der Waals surface area contributed by atoms with Crippen molar-refractivity contribution in [1.29, 1.82) is 0 Å². The van der Waals surface area contributed by atoms with Crippen molar-refractivity contribution in [3.8, 4) is 17.1 Å². The van der Waals surface area contributed by atoms with E-state index in [1.807, 2.05) is 54.6 Å². The number of nitrogens with one attached hydrogen (secondary N) is 1. The second kappa shape index (κ2) is 12.1. The van der Waals surface area contributed by atoms with Gasteiger partial charge in [-0.05, 0) is 79.3 Å². The van der Waals surface area contributed by atoms with Gasteiger partial charge in [0.1, 0.15) is 0 Å². The molecule has 1 heterocycles. The van der Waals surface area contributed by atoms with E-state index >= 15 is 0 Å². The summed E-state index contributed by atoms with van der Waals surface area (Å²) in [7, 11) is 0. The summed E-state index contributed by atoms with van der Waals surface area (Å²) in [6.07, 6.45) is 0. The molecule has 0 spiro atoms. The Morgan fingerprint density at radius 1 is 0.825 bits per heavy atom. The van der Waals surface area contributed by atoms with Gasteiger partial charge < -0.3 is 5.32 Å². The van der Waals surface area contributed by atoms with E-state index in [4.69, 9.17) is 11.6 Å². The molecule has 1 atom stereocenters. The minimum Gasteiger partial charge on any atom is -0.323 e. The van der Waals surface area contributed by atoms with Crippen molar-refractivity contribution in [3.63, 3.8) is 0 Å². The number of halogens is 1. The van der Waals surface area contributed by atoms with Crippen LogP contribution in [0.15, 0.2) is 131 Å². The summed E-state index contributed by atoms with van der Waals surface area (Å²) >= 11 is 6.99. The predicted octanol–water partition coefficient (Wildman–Crippen LogP) is 7.39. The number of carbonyl (C=O) groups excluding carboxylic acids is 2. The molecule has 0 aliphatic carbocycles. The van der Waals surface area contributed by atoms with E-state index in [-0.39, 0.29) is 5.16 Å². The van der Waals surface area contributed by atoms with Crippen LogP contribution in [0.4, 0.5) is 11.4 Å². The van der Waals surface area contributed by atoms with Crippen LogP contribution in [0.3, 0.4) is 0 Å². The van der Waals surface area contributed by atoms with Gasteiger partial charge in [0.15, 0.2) is 16.8 Å². The third-order valence-corrected chi connectivity index (χ3v) is 7.42. The fourth-order valence-corrected chi connectivity index (χ4v) is 4.96. The minimum absolute atomic E-state index is 0.279. The van der Waals surface area contributed by atoms with Crippen molar-refractivity contribution in [1.82, 2.24) is 14.8 Å². The van der Waals surface area contributed by atoms with Crippen LogP contribution in [0.25, 0.3) is 17.1 Å². The molecule has 1 aromatic heterocycles. The van der Waals surface area contributed by atoms with Crippen molar-refractivity contribution >= 4 is 46.4 Å². The van der Waals surface area contributed by atoms with Gasteiger partial charge in [0.2, 0.25) is 0 Å². The van der Waals surface area contributed by atoms with Crippen molar-refractivity contribution in [2.24, 2.45) is 10.2 Å². The first-order chi connectivity index (χ1) is 19.5. The van der Waals surface area contributed by atoms with E-state index in [0.717, 1.165) is 23.0 Å².